The third-order valence-corrected chi connectivity index (χ3v) is 6.54. The van der Waals surface area contributed by atoms with Crippen LogP contribution >= 0.6 is 0 Å². The second-order valence-electron chi connectivity index (χ2n) is 9.08. The molecule has 6 rings (SSSR count). The Morgan fingerprint density at radius 1 is 1.00 bits per heavy atom. The van der Waals surface area contributed by atoms with Gasteiger partial charge in [-0.15, -0.1) is 0 Å². The molecule has 2 aromatic heterocycles. The lowest BCUT2D eigenvalue weighted by atomic mass is 10.1. The lowest BCUT2D eigenvalue weighted by Gasteiger charge is -2.34. The number of hydrogen-bond donors (Lipinski definition) is 2. The first-order valence-electron chi connectivity index (χ1n) is 12.2. The van der Waals surface area contributed by atoms with Crippen LogP contribution in [-0.2, 0) is 11.3 Å². The highest BCUT2D eigenvalue weighted by atomic mass is 16.5. The minimum atomic E-state index is -0.171. The number of fused-ring (bicyclic) bond motifs is 2. The summed E-state index contributed by atoms with van der Waals surface area (Å²) in [7, 11) is 1.61. The fourth-order valence-electron chi connectivity index (χ4n) is 4.48. The number of ether oxygens (including phenoxy) is 1. The normalized spacial score (nSPS) is 13.5. The molecule has 1 fully saturated rings. The zero-order valence-corrected chi connectivity index (χ0v) is 20.9. The van der Waals surface area contributed by atoms with E-state index in [1.54, 1.807) is 29.2 Å². The summed E-state index contributed by atoms with van der Waals surface area (Å²) < 4.78 is 5.24. The van der Waals surface area contributed by atoms with Crippen molar-refractivity contribution in [2.24, 2.45) is 0 Å². The van der Waals surface area contributed by atoms with Crippen LogP contribution in [-0.4, -0.2) is 63.5 Å². The van der Waals surface area contributed by atoms with Gasteiger partial charge >= 0.3 is 0 Å². The molecular weight excluding hydrogens is 466 g/mol. The van der Waals surface area contributed by atoms with Gasteiger partial charge in [0.2, 0.25) is 5.91 Å². The quantitative estimate of drug-likeness (QED) is 0.383. The number of amides is 2. The number of carbonyl (C=O) groups is 2. The van der Waals surface area contributed by atoms with Crippen molar-refractivity contribution in [3.63, 3.8) is 0 Å². The van der Waals surface area contributed by atoms with Crippen molar-refractivity contribution in [2.75, 3.05) is 26.7 Å². The zero-order valence-electron chi connectivity index (χ0n) is 20.9. The number of H-pyrrole nitrogens is 2. The first-order chi connectivity index (χ1) is 18.0. The molecule has 1 aliphatic rings. The third kappa shape index (κ3) is 5.33. The Bertz CT molecular complexity index is 1540. The average molecular weight is 496 g/mol. The van der Waals surface area contributed by atoms with Gasteiger partial charge in [-0.25, -0.2) is 0 Å². The average Bonchev–Trinajstić information content (AvgIpc) is 3.57. The van der Waals surface area contributed by atoms with Crippen molar-refractivity contribution in [1.82, 2.24) is 25.0 Å². The molecule has 1 aliphatic heterocycles. The Hall–Kier alpha value is -4.59. The van der Waals surface area contributed by atoms with E-state index >= 15 is 0 Å². The summed E-state index contributed by atoms with van der Waals surface area (Å²) in [5.41, 5.74) is 4.64. The number of methoxy groups -OCH3 is 1. The highest BCUT2D eigenvalue weighted by Gasteiger charge is 2.28. The third-order valence-electron chi connectivity index (χ3n) is 6.54. The van der Waals surface area contributed by atoms with Crippen LogP contribution in [0.2, 0.25) is 0 Å². The van der Waals surface area contributed by atoms with Gasteiger partial charge in [-0.05, 0) is 42.8 Å². The van der Waals surface area contributed by atoms with Crippen molar-refractivity contribution in [1.29, 1.82) is 0 Å². The second kappa shape index (κ2) is 10.6. The van der Waals surface area contributed by atoms with Crippen molar-refractivity contribution < 1.29 is 14.3 Å². The van der Waals surface area contributed by atoms with Crippen LogP contribution in [0.25, 0.3) is 21.8 Å². The molecule has 0 saturated carbocycles. The van der Waals surface area contributed by atoms with E-state index in [9.17, 15) is 9.59 Å². The Labute approximate surface area is 214 Å². The van der Waals surface area contributed by atoms with E-state index in [-0.39, 0.29) is 18.4 Å². The largest absolute Gasteiger partial charge is 0.497 e. The van der Waals surface area contributed by atoms with Crippen LogP contribution in [0.4, 0.5) is 0 Å². The molecule has 3 heterocycles. The van der Waals surface area contributed by atoms with Gasteiger partial charge in [-0.3, -0.25) is 14.7 Å². The minimum absolute atomic E-state index is 0.0621. The molecule has 188 valence electrons. The highest BCUT2D eigenvalue weighted by molar-refractivity contribution is 6.00. The van der Waals surface area contributed by atoms with Gasteiger partial charge in [-0.1, -0.05) is 48.0 Å². The summed E-state index contributed by atoms with van der Waals surface area (Å²) >= 11 is 0. The van der Waals surface area contributed by atoms with Crippen LogP contribution in [0, 0.1) is 6.92 Å². The lowest BCUT2D eigenvalue weighted by Crippen LogP contribution is -2.51. The number of piperazine rings is 1. The number of hydrogen-bond acceptors (Lipinski definition) is 4. The van der Waals surface area contributed by atoms with E-state index in [0.29, 0.717) is 25.3 Å². The van der Waals surface area contributed by atoms with Gasteiger partial charge in [0.1, 0.15) is 18.0 Å². The molecule has 2 N–H and O–H groups in total. The van der Waals surface area contributed by atoms with E-state index in [0.717, 1.165) is 33.1 Å². The van der Waals surface area contributed by atoms with Gasteiger partial charge in [0.25, 0.3) is 5.91 Å². The number of aryl methyl sites for hydroxylation is 1. The standard InChI is InChI=1S/C22H21N5O3.C7H8/c1-30-16-5-6-18-15(9-16)10-20(24-18)22(29)27-8-7-26(21(28)13-27)12-14-3-2-4-19-17(14)11-23-25-19;1-7-5-3-2-4-6-7/h2-6,9-11,24H,7-8,12-13H2,1H3,(H,23,25);2-6H,1H3. The lowest BCUT2D eigenvalue weighted by molar-refractivity contribution is -0.135. The van der Waals surface area contributed by atoms with E-state index < -0.39 is 0 Å². The van der Waals surface area contributed by atoms with Crippen LogP contribution in [0.15, 0.2) is 79.0 Å². The molecule has 37 heavy (non-hydrogen) atoms. The van der Waals surface area contributed by atoms with Gasteiger partial charge in [0.05, 0.1) is 18.8 Å². The molecule has 8 heteroatoms. The minimum Gasteiger partial charge on any atom is -0.497 e. The maximum Gasteiger partial charge on any atom is 0.270 e. The van der Waals surface area contributed by atoms with E-state index in [4.69, 9.17) is 4.74 Å². The highest BCUT2D eigenvalue weighted by Crippen LogP contribution is 2.23. The summed E-state index contributed by atoms with van der Waals surface area (Å²) in [6.45, 7) is 3.64. The van der Waals surface area contributed by atoms with Gasteiger partial charge in [0.15, 0.2) is 0 Å². The zero-order chi connectivity index (χ0) is 25.8. The van der Waals surface area contributed by atoms with Crippen LogP contribution in [0.1, 0.15) is 21.6 Å². The maximum absolute atomic E-state index is 13.0. The summed E-state index contributed by atoms with van der Waals surface area (Å²) in [4.78, 5) is 32.2. The summed E-state index contributed by atoms with van der Waals surface area (Å²) in [6, 6.07) is 23.6. The summed E-state index contributed by atoms with van der Waals surface area (Å²) in [5.74, 6) is 0.500. The molecule has 0 bridgehead atoms. The van der Waals surface area contributed by atoms with Gasteiger partial charge < -0.3 is 19.5 Å². The van der Waals surface area contributed by atoms with Gasteiger partial charge in [0, 0.05) is 35.9 Å². The Kier molecular flexibility index (Phi) is 6.89. The number of rotatable bonds is 4. The van der Waals surface area contributed by atoms with Crippen LogP contribution in [0.5, 0.6) is 5.75 Å². The Morgan fingerprint density at radius 2 is 1.84 bits per heavy atom. The molecule has 5 aromatic rings. The molecule has 0 atom stereocenters. The summed E-state index contributed by atoms with van der Waals surface area (Å²) in [6.07, 6.45) is 1.78. The van der Waals surface area contributed by atoms with Crippen LogP contribution in [0.3, 0.4) is 0 Å². The molecule has 1 saturated heterocycles. The summed E-state index contributed by atoms with van der Waals surface area (Å²) in [5, 5.41) is 8.94. The topological polar surface area (TPSA) is 94.3 Å². The Balaban J connectivity index is 0.000000348. The number of nitrogens with one attached hydrogen (secondary N) is 2. The van der Waals surface area contributed by atoms with Crippen molar-refractivity contribution >= 4 is 33.6 Å². The smallest absolute Gasteiger partial charge is 0.270 e. The van der Waals surface area contributed by atoms with Crippen molar-refractivity contribution in [2.45, 2.75) is 13.5 Å². The van der Waals surface area contributed by atoms with E-state index in [1.165, 1.54) is 5.56 Å². The number of aromatic amines is 2. The molecule has 0 spiro atoms. The monoisotopic (exact) mass is 495 g/mol. The maximum atomic E-state index is 13.0. The van der Waals surface area contributed by atoms with E-state index in [2.05, 4.69) is 34.2 Å². The predicted molar refractivity (Wildman–Crippen MR) is 143 cm³/mol. The number of benzene rings is 3. The SMILES string of the molecule is COc1ccc2[nH]c(C(=O)N3CCN(Cc4cccc5[nH]ncc45)C(=O)C3)cc2c1.Cc1ccccc1. The van der Waals surface area contributed by atoms with Crippen molar-refractivity contribution in [3.8, 4) is 5.75 Å². The fraction of sp³-hybridized carbons (Fsp3) is 0.207. The van der Waals surface area contributed by atoms with Crippen molar-refractivity contribution in [3.05, 3.63) is 95.8 Å². The molecule has 0 radical (unpaired) electrons. The molecular formula is C29H29N5O3. The molecule has 8 nitrogen and oxygen atoms in total. The molecule has 0 unspecified atom stereocenters. The number of carbonyl (C=O) groups excluding carboxylic acids is 2. The number of nitrogens with zero attached hydrogens (tertiary/aromatic N) is 3. The first kappa shape index (κ1) is 24.1. The first-order valence-corrected chi connectivity index (χ1v) is 12.2. The fourth-order valence-corrected chi connectivity index (χ4v) is 4.48. The van der Waals surface area contributed by atoms with Gasteiger partial charge in [-0.2, -0.15) is 5.10 Å². The molecule has 0 aliphatic carbocycles. The van der Waals surface area contributed by atoms with E-state index in [1.807, 2.05) is 54.6 Å². The molecule has 2 amide bonds. The Morgan fingerprint density at radius 3 is 2.57 bits per heavy atom. The number of aromatic nitrogens is 3. The molecule has 3 aromatic carbocycles. The second-order valence-corrected chi connectivity index (χ2v) is 9.08. The van der Waals surface area contributed by atoms with Crippen LogP contribution < -0.4 is 4.74 Å². The predicted octanol–water partition coefficient (Wildman–Crippen LogP) is 4.53.